The summed E-state index contributed by atoms with van der Waals surface area (Å²) < 4.78 is 46.2. The maximum atomic E-state index is 15.4. The molecule has 1 aromatic heterocycles. The molecule has 3 fully saturated rings. The molecule has 0 bridgehead atoms. The fraction of sp³-hybridized carbons (Fsp3) is 0.293. The Bertz CT molecular complexity index is 2680. The number of hydrogen-bond donors (Lipinski definition) is 2. The number of carbonyl (C=O) groups is 4. The maximum absolute atomic E-state index is 15.4. The largest absolute Gasteiger partial charge is 0.508 e. The average Bonchev–Trinajstić information content (AvgIpc) is 3.61. The van der Waals surface area contributed by atoms with Gasteiger partial charge in [0.25, 0.3) is 11.8 Å². The molecular formula is C41H32Cl2F3N7O10. The fourth-order valence-corrected chi connectivity index (χ4v) is 10.1. The normalized spacial score (nSPS) is 24.1. The van der Waals surface area contributed by atoms with E-state index in [0.717, 1.165) is 17.0 Å². The van der Waals surface area contributed by atoms with Crippen molar-refractivity contribution in [2.24, 2.45) is 23.7 Å². The number of pyridine rings is 1. The number of phenolic OH excluding ortho intramolecular Hbond substituents is 1. The second-order valence-corrected chi connectivity index (χ2v) is 16.4. The van der Waals surface area contributed by atoms with Crippen LogP contribution < -0.4 is 20.0 Å². The number of benzene rings is 3. The molecule has 3 heterocycles. The van der Waals surface area contributed by atoms with Gasteiger partial charge in [-0.3, -0.25) is 44.8 Å². The van der Waals surface area contributed by atoms with Gasteiger partial charge >= 0.3 is 17.6 Å². The molecule has 2 aliphatic heterocycles. The third-order valence-electron chi connectivity index (χ3n) is 12.3. The lowest BCUT2D eigenvalue weighted by atomic mass is 9.49. The van der Waals surface area contributed by atoms with Crippen molar-refractivity contribution in [2.75, 3.05) is 36.4 Å². The van der Waals surface area contributed by atoms with Gasteiger partial charge in [0, 0.05) is 48.9 Å². The third kappa shape index (κ3) is 6.57. The summed E-state index contributed by atoms with van der Waals surface area (Å²) in [7, 11) is 4.07. The van der Waals surface area contributed by atoms with Crippen molar-refractivity contribution in [1.82, 2.24) is 9.99 Å². The van der Waals surface area contributed by atoms with Crippen LogP contribution in [0.5, 0.6) is 11.5 Å². The number of methoxy groups -OCH3 is 1. The predicted octanol–water partition coefficient (Wildman–Crippen LogP) is 7.19. The van der Waals surface area contributed by atoms with Gasteiger partial charge in [0.1, 0.15) is 11.5 Å². The Kier molecular flexibility index (Phi) is 10.4. The molecule has 4 aliphatic rings. The molecule has 2 aliphatic carbocycles. The summed E-state index contributed by atoms with van der Waals surface area (Å²) in [6.45, 7) is 0. The molecule has 3 aromatic carbocycles. The molecule has 2 saturated heterocycles. The second kappa shape index (κ2) is 15.2. The number of fused-ring (bicyclic) bond motifs is 4. The van der Waals surface area contributed by atoms with Crippen molar-refractivity contribution in [3.05, 3.63) is 125 Å². The number of nitro benzene ring substituents is 2. The van der Waals surface area contributed by atoms with Gasteiger partial charge in [-0.1, -0.05) is 47.0 Å². The zero-order valence-corrected chi connectivity index (χ0v) is 34.4. The number of rotatable bonds is 9. The number of hydrogen-bond acceptors (Lipinski definition) is 13. The summed E-state index contributed by atoms with van der Waals surface area (Å²) in [6.07, 6.45) is -3.18. The predicted molar refractivity (Wildman–Crippen MR) is 218 cm³/mol. The van der Waals surface area contributed by atoms with Crippen LogP contribution in [0.15, 0.2) is 78.5 Å². The summed E-state index contributed by atoms with van der Waals surface area (Å²) in [4.78, 5) is 87.9. The zero-order chi connectivity index (χ0) is 45.6. The smallest absolute Gasteiger partial charge is 0.417 e. The van der Waals surface area contributed by atoms with Crippen molar-refractivity contribution in [1.29, 1.82) is 0 Å². The Morgan fingerprint density at radius 2 is 1.59 bits per heavy atom. The molecule has 8 rings (SSSR count). The van der Waals surface area contributed by atoms with E-state index in [-0.39, 0.29) is 46.2 Å². The van der Waals surface area contributed by atoms with Crippen LogP contribution in [0.3, 0.4) is 0 Å². The Labute approximate surface area is 363 Å². The number of imide groups is 2. The second-order valence-electron chi connectivity index (χ2n) is 15.6. The molecule has 0 radical (unpaired) electrons. The van der Waals surface area contributed by atoms with Crippen molar-refractivity contribution in [3.63, 3.8) is 0 Å². The van der Waals surface area contributed by atoms with E-state index in [1.165, 1.54) is 63.7 Å². The monoisotopic (exact) mass is 909 g/mol. The Morgan fingerprint density at radius 3 is 2.16 bits per heavy atom. The first-order valence-corrected chi connectivity index (χ1v) is 19.7. The van der Waals surface area contributed by atoms with Crippen LogP contribution in [0.2, 0.25) is 10.0 Å². The van der Waals surface area contributed by atoms with Gasteiger partial charge in [-0.25, -0.2) is 9.88 Å². The summed E-state index contributed by atoms with van der Waals surface area (Å²) >= 11 is 12.6. The number of hydrazine groups is 1. The van der Waals surface area contributed by atoms with Crippen molar-refractivity contribution < 1.29 is 52.0 Å². The number of nitrogens with zero attached hydrogens (tertiary/aromatic N) is 6. The number of anilines is 3. The lowest BCUT2D eigenvalue weighted by molar-refractivity contribution is -0.392. The highest BCUT2D eigenvalue weighted by molar-refractivity contribution is 6.33. The summed E-state index contributed by atoms with van der Waals surface area (Å²) in [6, 6.07) is 12.5. The molecular weight excluding hydrogens is 878 g/mol. The quantitative estimate of drug-likeness (QED) is 0.0736. The number of allylic oxidation sites excluding steroid dienone is 2. The summed E-state index contributed by atoms with van der Waals surface area (Å²) in [5, 5.41) is 36.4. The van der Waals surface area contributed by atoms with Gasteiger partial charge < -0.3 is 14.7 Å². The first-order valence-electron chi connectivity index (χ1n) is 18.9. The minimum absolute atomic E-state index is 0.0662. The number of phenols is 1. The lowest BCUT2D eigenvalue weighted by Gasteiger charge is -2.50. The first kappa shape index (κ1) is 42.9. The van der Waals surface area contributed by atoms with Gasteiger partial charge in [-0.2, -0.15) is 18.2 Å². The van der Waals surface area contributed by atoms with Crippen LogP contribution in [0.25, 0.3) is 0 Å². The topological polar surface area (TPSA) is 219 Å². The molecule has 6 unspecified atom stereocenters. The Balaban J connectivity index is 1.32. The summed E-state index contributed by atoms with van der Waals surface area (Å²) in [5.41, 5.74) is -2.35. The van der Waals surface area contributed by atoms with Gasteiger partial charge in [0.2, 0.25) is 11.8 Å². The minimum atomic E-state index is -4.83. The number of nitro groups is 2. The number of ether oxygens (including phenoxy) is 1. The molecule has 22 heteroatoms. The highest BCUT2D eigenvalue weighted by Crippen LogP contribution is 2.65. The molecule has 2 N–H and O–H groups in total. The van der Waals surface area contributed by atoms with E-state index < -0.39 is 108 Å². The number of carbonyl (C=O) groups excluding carboxylic acids is 4. The molecule has 4 amide bonds. The fourth-order valence-electron chi connectivity index (χ4n) is 9.73. The van der Waals surface area contributed by atoms with Crippen LogP contribution in [-0.2, 0) is 30.8 Å². The number of halogens is 5. The van der Waals surface area contributed by atoms with Crippen molar-refractivity contribution >= 4 is 75.4 Å². The maximum Gasteiger partial charge on any atom is 0.417 e. The third-order valence-corrected chi connectivity index (χ3v) is 12.8. The number of nitrogens with one attached hydrogen (secondary N) is 1. The lowest BCUT2D eigenvalue weighted by Crippen LogP contribution is -2.53. The summed E-state index contributed by atoms with van der Waals surface area (Å²) in [5.74, 6) is -10.5. The van der Waals surface area contributed by atoms with Crippen LogP contribution in [0.1, 0.15) is 35.4 Å². The van der Waals surface area contributed by atoms with Crippen LogP contribution in [0.4, 0.5) is 41.7 Å². The van der Waals surface area contributed by atoms with E-state index >= 15 is 4.79 Å². The van der Waals surface area contributed by atoms with Crippen LogP contribution >= 0.6 is 23.2 Å². The number of amides is 4. The highest BCUT2D eigenvalue weighted by atomic mass is 35.5. The van der Waals surface area contributed by atoms with E-state index in [9.17, 15) is 52.9 Å². The van der Waals surface area contributed by atoms with Gasteiger partial charge in [-0.05, 0) is 60.7 Å². The Morgan fingerprint density at radius 1 is 0.937 bits per heavy atom. The molecule has 17 nitrogen and oxygen atoms in total. The van der Waals surface area contributed by atoms with E-state index in [2.05, 4.69) is 10.4 Å². The molecule has 1 saturated carbocycles. The van der Waals surface area contributed by atoms with E-state index in [1.807, 2.05) is 0 Å². The van der Waals surface area contributed by atoms with Gasteiger partial charge in [-0.15, -0.1) is 0 Å². The molecule has 63 heavy (non-hydrogen) atoms. The van der Waals surface area contributed by atoms with Crippen molar-refractivity contribution in [3.8, 4) is 11.5 Å². The van der Waals surface area contributed by atoms with Crippen molar-refractivity contribution in [2.45, 2.75) is 30.4 Å². The first-order chi connectivity index (χ1) is 29.7. The highest BCUT2D eigenvalue weighted by Gasteiger charge is 2.71. The van der Waals surface area contributed by atoms with Gasteiger partial charge in [0.15, 0.2) is 11.5 Å². The SMILES string of the molecule is COc1ccc(O)c(C2C3=CCC4C(=O)N(c5cc([N+](=O)[O-])c(N(C)C)c([N+](=O)[O-])c5)C(=O)C4C3CC3C(=O)N(Nc4ncc(C(F)(F)F)cc4Cl)C(=O)C32c2ccc(Cl)cc2)c1. The Hall–Kier alpha value is -6.80. The average molecular weight is 911 g/mol. The number of alkyl halides is 3. The number of aromatic nitrogens is 1. The molecule has 0 spiro atoms. The van der Waals surface area contributed by atoms with E-state index in [1.54, 1.807) is 6.08 Å². The zero-order valence-electron chi connectivity index (χ0n) is 32.9. The van der Waals surface area contributed by atoms with E-state index in [0.29, 0.717) is 27.7 Å². The standard InChI is InChI=1S/C41H32Cl2F3N7O10/c1-49(2)34-29(52(59)60)13-21(14-30(34)53(61)62)50-36(55)24-10-9-23-25(32(24)38(50)57)16-27-37(56)51(48-35-28(43)12-19(17-47-35)41(44,45)46)39(58)40(27,18-4-6-20(42)7-5-18)33(23)26-15-22(63-3)8-11-31(26)54/h4-9,11-15,17,24-25,27,32-33,54H,10,16H2,1-3H3,(H,47,48). The molecule has 4 aromatic rings. The minimum Gasteiger partial charge on any atom is -0.508 e. The molecule has 326 valence electrons. The molecule has 6 atom stereocenters. The van der Waals surface area contributed by atoms with E-state index in [4.69, 9.17) is 27.9 Å². The van der Waals surface area contributed by atoms with Crippen LogP contribution in [-0.4, -0.2) is 69.8 Å². The van der Waals surface area contributed by atoms with Crippen LogP contribution in [0, 0.1) is 43.9 Å². The number of aromatic hydroxyl groups is 1. The van der Waals surface area contributed by atoms with Gasteiger partial charge in [0.05, 0.1) is 56.4 Å².